The lowest BCUT2D eigenvalue weighted by atomic mass is 9.77. The van der Waals surface area contributed by atoms with Crippen molar-refractivity contribution in [2.24, 2.45) is 5.92 Å². The minimum absolute atomic E-state index is 0.0138. The quantitative estimate of drug-likeness (QED) is 0.709. The number of carbonyl (C=O) groups is 2. The third-order valence-electron chi connectivity index (χ3n) is 7.48. The van der Waals surface area contributed by atoms with E-state index < -0.39 is 5.41 Å². The van der Waals surface area contributed by atoms with Gasteiger partial charge >= 0.3 is 0 Å². The summed E-state index contributed by atoms with van der Waals surface area (Å²) >= 11 is 0. The molecule has 0 aromatic heterocycles. The monoisotopic (exact) mass is 448 g/mol. The van der Waals surface area contributed by atoms with Crippen LogP contribution in [0.15, 0.2) is 36.4 Å². The summed E-state index contributed by atoms with van der Waals surface area (Å²) in [7, 11) is 0. The van der Waals surface area contributed by atoms with Gasteiger partial charge in [0.05, 0.1) is 0 Å². The molecule has 4 aliphatic rings. The Labute approximate surface area is 193 Å². The number of benzene rings is 2. The first-order chi connectivity index (χ1) is 16.2. The van der Waals surface area contributed by atoms with Gasteiger partial charge in [0, 0.05) is 36.3 Å². The van der Waals surface area contributed by atoms with Crippen LogP contribution in [0.4, 0.5) is 5.69 Å². The number of rotatable bonds is 5. The van der Waals surface area contributed by atoms with E-state index in [1.807, 2.05) is 41.3 Å². The lowest BCUT2D eigenvalue weighted by Gasteiger charge is -2.24. The summed E-state index contributed by atoms with van der Waals surface area (Å²) in [6.45, 7) is 1.55. The van der Waals surface area contributed by atoms with E-state index in [0.717, 1.165) is 42.5 Å². The topological polar surface area (TPSA) is 77.1 Å². The van der Waals surface area contributed by atoms with Gasteiger partial charge in [-0.15, -0.1) is 0 Å². The molecular formula is C26H28N2O5. The number of nitrogens with zero attached hydrogens (tertiary/aromatic N) is 1. The molecule has 2 aromatic rings. The van der Waals surface area contributed by atoms with Crippen LogP contribution in [0.1, 0.15) is 49.7 Å². The van der Waals surface area contributed by atoms with E-state index in [1.165, 1.54) is 6.42 Å². The average Bonchev–Trinajstić information content (AvgIpc) is 3.53. The van der Waals surface area contributed by atoms with Crippen LogP contribution >= 0.6 is 0 Å². The molecule has 0 saturated heterocycles. The third-order valence-corrected chi connectivity index (χ3v) is 7.48. The van der Waals surface area contributed by atoms with Gasteiger partial charge in [0.15, 0.2) is 11.5 Å². The fraction of sp³-hybridized carbons (Fsp3) is 0.462. The van der Waals surface area contributed by atoms with Crippen molar-refractivity contribution in [3.63, 3.8) is 0 Å². The Morgan fingerprint density at radius 1 is 1.00 bits per heavy atom. The molecule has 2 aromatic carbocycles. The molecule has 7 heteroatoms. The van der Waals surface area contributed by atoms with Crippen LogP contribution in [0, 0.1) is 5.92 Å². The van der Waals surface area contributed by atoms with Gasteiger partial charge in [-0.2, -0.15) is 0 Å². The molecule has 1 atom stereocenters. The first-order valence-corrected chi connectivity index (χ1v) is 11.9. The van der Waals surface area contributed by atoms with E-state index in [4.69, 9.17) is 14.2 Å². The predicted molar refractivity (Wildman–Crippen MR) is 122 cm³/mol. The van der Waals surface area contributed by atoms with Crippen molar-refractivity contribution in [1.82, 2.24) is 5.32 Å². The minimum Gasteiger partial charge on any atom is -0.491 e. The van der Waals surface area contributed by atoms with Crippen LogP contribution < -0.4 is 24.4 Å². The lowest BCUT2D eigenvalue weighted by molar-refractivity contribution is -0.125. The number of anilines is 1. The molecule has 1 N–H and O–H groups in total. The van der Waals surface area contributed by atoms with Gasteiger partial charge < -0.3 is 24.4 Å². The summed E-state index contributed by atoms with van der Waals surface area (Å²) in [6, 6.07) is 11.7. The molecule has 1 spiro atoms. The number of hydrogen-bond donors (Lipinski definition) is 1. The van der Waals surface area contributed by atoms with Crippen LogP contribution in [0.5, 0.6) is 17.2 Å². The van der Waals surface area contributed by atoms with Crippen LogP contribution in [-0.4, -0.2) is 38.3 Å². The number of para-hydroxylation sites is 1. The van der Waals surface area contributed by atoms with Crippen molar-refractivity contribution in [3.05, 3.63) is 47.5 Å². The Bertz CT molecular complexity index is 1110. The van der Waals surface area contributed by atoms with Crippen LogP contribution in [-0.2, 0) is 15.0 Å². The molecule has 1 saturated carbocycles. The number of fused-ring (bicyclic) bond motifs is 5. The number of ether oxygens (including phenoxy) is 3. The summed E-state index contributed by atoms with van der Waals surface area (Å²) in [6.07, 6.45) is 6.20. The number of hydrogen-bond acceptors (Lipinski definition) is 5. The van der Waals surface area contributed by atoms with E-state index in [2.05, 4.69) is 5.32 Å². The summed E-state index contributed by atoms with van der Waals surface area (Å²) in [5.74, 6) is 2.29. The third kappa shape index (κ3) is 3.16. The second-order valence-corrected chi connectivity index (χ2v) is 9.35. The summed E-state index contributed by atoms with van der Waals surface area (Å²) in [4.78, 5) is 28.2. The van der Waals surface area contributed by atoms with Crippen molar-refractivity contribution in [3.8, 4) is 17.2 Å². The van der Waals surface area contributed by atoms with E-state index in [-0.39, 0.29) is 31.1 Å². The summed E-state index contributed by atoms with van der Waals surface area (Å²) < 4.78 is 17.1. The zero-order chi connectivity index (χ0) is 22.4. The molecule has 33 heavy (non-hydrogen) atoms. The molecule has 172 valence electrons. The predicted octanol–water partition coefficient (Wildman–Crippen LogP) is 3.53. The maximum absolute atomic E-state index is 13.9. The molecule has 1 aliphatic carbocycles. The van der Waals surface area contributed by atoms with E-state index >= 15 is 0 Å². The Hall–Kier alpha value is -3.22. The second-order valence-electron chi connectivity index (χ2n) is 9.35. The molecule has 6 rings (SSSR count). The van der Waals surface area contributed by atoms with Crippen molar-refractivity contribution in [2.75, 3.05) is 31.4 Å². The van der Waals surface area contributed by atoms with E-state index in [0.29, 0.717) is 36.8 Å². The van der Waals surface area contributed by atoms with Crippen molar-refractivity contribution in [2.45, 2.75) is 43.9 Å². The highest BCUT2D eigenvalue weighted by atomic mass is 16.7. The molecule has 0 bridgehead atoms. The normalized spacial score (nSPS) is 22.9. The highest BCUT2D eigenvalue weighted by Gasteiger charge is 2.57. The van der Waals surface area contributed by atoms with Gasteiger partial charge in [-0.3, -0.25) is 9.59 Å². The molecule has 2 amide bonds. The standard InChI is InChI=1S/C26H28N2O5/c29-24(17-7-2-1-3-8-17)27-11-6-12-28-20-10-5-4-9-18(20)26(25(28)30)15-31-21-14-23-22(13-19(21)26)32-16-33-23/h4-5,9-10,13-14,17H,1-3,6-8,11-12,15-16H2,(H,27,29). The van der Waals surface area contributed by atoms with Crippen molar-refractivity contribution < 1.29 is 23.8 Å². The van der Waals surface area contributed by atoms with E-state index in [9.17, 15) is 9.59 Å². The fourth-order valence-electron chi connectivity index (χ4n) is 5.74. The largest absolute Gasteiger partial charge is 0.491 e. The molecule has 0 radical (unpaired) electrons. The Morgan fingerprint density at radius 2 is 1.79 bits per heavy atom. The second kappa shape index (κ2) is 7.97. The average molecular weight is 449 g/mol. The number of nitrogens with one attached hydrogen (secondary N) is 1. The summed E-state index contributed by atoms with van der Waals surface area (Å²) in [5, 5.41) is 3.09. The van der Waals surface area contributed by atoms with Crippen LogP contribution in [0.3, 0.4) is 0 Å². The highest BCUT2D eigenvalue weighted by molar-refractivity contribution is 6.11. The lowest BCUT2D eigenvalue weighted by Crippen LogP contribution is -2.43. The maximum atomic E-state index is 13.9. The zero-order valence-corrected chi connectivity index (χ0v) is 18.6. The van der Waals surface area contributed by atoms with Crippen molar-refractivity contribution >= 4 is 17.5 Å². The fourth-order valence-corrected chi connectivity index (χ4v) is 5.74. The van der Waals surface area contributed by atoms with Crippen LogP contribution in [0.25, 0.3) is 0 Å². The van der Waals surface area contributed by atoms with Gasteiger partial charge in [-0.05, 0) is 37.0 Å². The van der Waals surface area contributed by atoms with E-state index in [1.54, 1.807) is 0 Å². The minimum atomic E-state index is -0.877. The first kappa shape index (κ1) is 20.4. The molecule has 7 nitrogen and oxygen atoms in total. The van der Waals surface area contributed by atoms with Gasteiger partial charge in [0.1, 0.15) is 17.8 Å². The number of carbonyl (C=O) groups excluding carboxylic acids is 2. The van der Waals surface area contributed by atoms with Crippen molar-refractivity contribution in [1.29, 1.82) is 0 Å². The Kier molecular flexibility index (Phi) is 4.93. The maximum Gasteiger partial charge on any atom is 0.245 e. The molecular weight excluding hydrogens is 420 g/mol. The summed E-state index contributed by atoms with van der Waals surface area (Å²) in [5.41, 5.74) is 1.82. The van der Waals surface area contributed by atoms with Gasteiger partial charge in [0.25, 0.3) is 0 Å². The SMILES string of the molecule is O=C(NCCCN1C(=O)C2(COc3cc4c(cc32)OCO4)c2ccccc21)C1CCCCC1. The molecule has 1 unspecified atom stereocenters. The van der Waals surface area contributed by atoms with Gasteiger partial charge in [0.2, 0.25) is 18.6 Å². The Balaban J connectivity index is 1.21. The number of amides is 2. The Morgan fingerprint density at radius 3 is 2.64 bits per heavy atom. The molecule has 1 fully saturated rings. The molecule has 3 heterocycles. The highest BCUT2D eigenvalue weighted by Crippen LogP contribution is 2.54. The first-order valence-electron chi connectivity index (χ1n) is 11.9. The van der Waals surface area contributed by atoms with Gasteiger partial charge in [-0.25, -0.2) is 0 Å². The van der Waals surface area contributed by atoms with Gasteiger partial charge in [-0.1, -0.05) is 37.5 Å². The zero-order valence-electron chi connectivity index (χ0n) is 18.6. The molecule has 3 aliphatic heterocycles. The smallest absolute Gasteiger partial charge is 0.245 e. The van der Waals surface area contributed by atoms with Crippen LogP contribution in [0.2, 0.25) is 0 Å².